The van der Waals surface area contributed by atoms with Crippen molar-refractivity contribution < 1.29 is 5.11 Å². The number of H-pyrrole nitrogens is 1. The number of aromatic nitrogens is 1. The summed E-state index contributed by atoms with van der Waals surface area (Å²) in [5.41, 5.74) is 5.83. The summed E-state index contributed by atoms with van der Waals surface area (Å²) < 4.78 is 0. The van der Waals surface area contributed by atoms with E-state index in [1.54, 1.807) is 0 Å². The highest BCUT2D eigenvalue weighted by Gasteiger charge is 2.14. The molecule has 0 saturated heterocycles. The number of rotatable bonds is 2. The second-order valence-corrected chi connectivity index (χ2v) is 6.59. The van der Waals surface area contributed by atoms with Gasteiger partial charge in [-0.2, -0.15) is 0 Å². The fourth-order valence-corrected chi connectivity index (χ4v) is 2.59. The van der Waals surface area contributed by atoms with Gasteiger partial charge in [-0.3, -0.25) is 0 Å². The number of aliphatic hydroxyl groups is 1. The van der Waals surface area contributed by atoms with Crippen LogP contribution in [0.2, 0.25) is 0 Å². The lowest BCUT2D eigenvalue weighted by atomic mass is 9.86. The molecular weight excluding hydrogens is 258 g/mol. The molecule has 2 nitrogen and oxygen atoms in total. The van der Waals surface area contributed by atoms with Gasteiger partial charge in [-0.05, 0) is 46.4 Å². The Morgan fingerprint density at radius 3 is 2.52 bits per heavy atom. The van der Waals surface area contributed by atoms with Crippen molar-refractivity contribution in [3.05, 3.63) is 59.7 Å². The Balaban J connectivity index is 2.08. The molecule has 0 radical (unpaired) electrons. The summed E-state index contributed by atoms with van der Waals surface area (Å²) in [4.78, 5) is 3.46. The Labute approximate surface area is 125 Å². The van der Waals surface area contributed by atoms with Crippen molar-refractivity contribution in [2.24, 2.45) is 0 Å². The van der Waals surface area contributed by atoms with Crippen molar-refractivity contribution in [2.45, 2.75) is 32.8 Å². The molecule has 0 aliphatic rings. The minimum absolute atomic E-state index is 0.0793. The fourth-order valence-electron chi connectivity index (χ4n) is 2.59. The topological polar surface area (TPSA) is 36.0 Å². The molecule has 2 heteroatoms. The number of aliphatic hydroxyl groups excluding tert-OH is 1. The maximum absolute atomic E-state index is 9.24. The second kappa shape index (κ2) is 5.05. The molecule has 3 rings (SSSR count). The second-order valence-electron chi connectivity index (χ2n) is 6.59. The van der Waals surface area contributed by atoms with Crippen LogP contribution in [0.3, 0.4) is 0 Å². The molecule has 108 valence electrons. The quantitative estimate of drug-likeness (QED) is 0.705. The molecule has 0 atom stereocenters. The molecule has 1 aromatic heterocycles. The van der Waals surface area contributed by atoms with Crippen LogP contribution in [0.4, 0.5) is 0 Å². The van der Waals surface area contributed by atoms with Gasteiger partial charge in [0.25, 0.3) is 0 Å². The third kappa shape index (κ3) is 2.72. The molecule has 0 fully saturated rings. The molecule has 0 aliphatic carbocycles. The van der Waals surface area contributed by atoms with Crippen LogP contribution in [0.1, 0.15) is 31.9 Å². The first kappa shape index (κ1) is 13.9. The van der Waals surface area contributed by atoms with E-state index in [0.717, 1.165) is 22.2 Å². The van der Waals surface area contributed by atoms with Gasteiger partial charge >= 0.3 is 0 Å². The molecule has 1 heterocycles. The van der Waals surface area contributed by atoms with E-state index < -0.39 is 0 Å². The molecule has 2 N–H and O–H groups in total. The monoisotopic (exact) mass is 279 g/mol. The molecule has 0 aliphatic heterocycles. The average molecular weight is 279 g/mol. The van der Waals surface area contributed by atoms with Crippen LogP contribution < -0.4 is 0 Å². The van der Waals surface area contributed by atoms with Crippen molar-refractivity contribution in [1.29, 1.82) is 0 Å². The first-order valence-electron chi connectivity index (χ1n) is 7.31. The van der Waals surface area contributed by atoms with Gasteiger partial charge in [-0.15, -0.1) is 0 Å². The number of hydrogen-bond acceptors (Lipinski definition) is 1. The zero-order chi connectivity index (χ0) is 15.0. The summed E-state index contributed by atoms with van der Waals surface area (Å²) in [6, 6.07) is 16.8. The Morgan fingerprint density at radius 2 is 1.81 bits per heavy atom. The smallest absolute Gasteiger partial charge is 0.0682 e. The van der Waals surface area contributed by atoms with E-state index in [-0.39, 0.29) is 12.0 Å². The molecule has 2 aromatic carbocycles. The van der Waals surface area contributed by atoms with Crippen molar-refractivity contribution in [2.75, 3.05) is 0 Å². The third-order valence-corrected chi connectivity index (χ3v) is 3.91. The molecule has 0 saturated carbocycles. The predicted octanol–water partition coefficient (Wildman–Crippen LogP) is 4.62. The van der Waals surface area contributed by atoms with E-state index in [1.807, 2.05) is 18.2 Å². The standard InChI is InChI=1S/C19H21NO/c1-19(2,3)16-6-4-5-14(10-16)18-11-15-9-13(12-21)7-8-17(15)20-18/h4-11,20-21H,12H2,1-3H3. The van der Waals surface area contributed by atoms with Gasteiger partial charge in [0, 0.05) is 16.6 Å². The van der Waals surface area contributed by atoms with E-state index in [1.165, 1.54) is 11.1 Å². The molecule has 0 amide bonds. The zero-order valence-electron chi connectivity index (χ0n) is 12.8. The van der Waals surface area contributed by atoms with Gasteiger partial charge in [0.15, 0.2) is 0 Å². The summed E-state index contributed by atoms with van der Waals surface area (Å²) in [6.07, 6.45) is 0. The van der Waals surface area contributed by atoms with Gasteiger partial charge < -0.3 is 10.1 Å². The highest BCUT2D eigenvalue weighted by molar-refractivity contribution is 5.86. The van der Waals surface area contributed by atoms with Crippen LogP contribution in [0.15, 0.2) is 48.5 Å². The first-order valence-corrected chi connectivity index (χ1v) is 7.31. The summed E-state index contributed by atoms with van der Waals surface area (Å²) in [6.45, 7) is 6.76. The Morgan fingerprint density at radius 1 is 1.00 bits per heavy atom. The molecular formula is C19H21NO. The molecule has 0 unspecified atom stereocenters. The van der Waals surface area contributed by atoms with Crippen LogP contribution in [-0.2, 0) is 12.0 Å². The van der Waals surface area contributed by atoms with Gasteiger partial charge in [-0.1, -0.05) is 45.0 Å². The lowest BCUT2D eigenvalue weighted by Gasteiger charge is -2.19. The number of hydrogen-bond donors (Lipinski definition) is 2. The van der Waals surface area contributed by atoms with Crippen molar-refractivity contribution >= 4 is 10.9 Å². The normalized spacial score (nSPS) is 12.0. The highest BCUT2D eigenvalue weighted by atomic mass is 16.3. The number of aromatic amines is 1. The van der Waals surface area contributed by atoms with Gasteiger partial charge in [0.05, 0.1) is 6.61 Å². The average Bonchev–Trinajstić information content (AvgIpc) is 2.89. The maximum Gasteiger partial charge on any atom is 0.0682 e. The van der Waals surface area contributed by atoms with E-state index in [0.29, 0.717) is 0 Å². The van der Waals surface area contributed by atoms with E-state index in [4.69, 9.17) is 0 Å². The Hall–Kier alpha value is -2.06. The first-order chi connectivity index (χ1) is 9.97. The van der Waals surface area contributed by atoms with Gasteiger partial charge in [-0.25, -0.2) is 0 Å². The Bertz CT molecular complexity index is 778. The SMILES string of the molecule is CC(C)(C)c1cccc(-c2cc3cc(CO)ccc3[nH]2)c1. The predicted molar refractivity (Wildman–Crippen MR) is 88.4 cm³/mol. The van der Waals surface area contributed by atoms with Crippen molar-refractivity contribution in [3.8, 4) is 11.3 Å². The fraction of sp³-hybridized carbons (Fsp3) is 0.263. The highest BCUT2D eigenvalue weighted by Crippen LogP contribution is 2.29. The zero-order valence-corrected chi connectivity index (χ0v) is 12.8. The van der Waals surface area contributed by atoms with Gasteiger partial charge in [0.2, 0.25) is 0 Å². The van der Waals surface area contributed by atoms with Gasteiger partial charge in [0.1, 0.15) is 0 Å². The van der Waals surface area contributed by atoms with Crippen LogP contribution in [0.5, 0.6) is 0 Å². The third-order valence-electron chi connectivity index (χ3n) is 3.91. The molecule has 3 aromatic rings. The van der Waals surface area contributed by atoms with E-state index in [9.17, 15) is 5.11 Å². The van der Waals surface area contributed by atoms with Crippen LogP contribution in [0, 0.1) is 0 Å². The van der Waals surface area contributed by atoms with Crippen molar-refractivity contribution in [1.82, 2.24) is 4.98 Å². The largest absolute Gasteiger partial charge is 0.392 e. The summed E-state index contributed by atoms with van der Waals surface area (Å²) in [5, 5.41) is 10.4. The van der Waals surface area contributed by atoms with Crippen molar-refractivity contribution in [3.63, 3.8) is 0 Å². The van der Waals surface area contributed by atoms with Crippen LogP contribution >= 0.6 is 0 Å². The molecule has 21 heavy (non-hydrogen) atoms. The molecule has 0 bridgehead atoms. The lowest BCUT2D eigenvalue weighted by Crippen LogP contribution is -2.10. The summed E-state index contributed by atoms with van der Waals surface area (Å²) in [7, 11) is 0. The number of fused-ring (bicyclic) bond motifs is 1. The Kier molecular flexibility index (Phi) is 3.34. The minimum Gasteiger partial charge on any atom is -0.392 e. The van der Waals surface area contributed by atoms with Crippen LogP contribution in [-0.4, -0.2) is 10.1 Å². The number of benzene rings is 2. The van der Waals surface area contributed by atoms with E-state index in [2.05, 4.69) is 56.1 Å². The lowest BCUT2D eigenvalue weighted by molar-refractivity contribution is 0.282. The molecule has 0 spiro atoms. The summed E-state index contributed by atoms with van der Waals surface area (Å²) in [5.74, 6) is 0. The summed E-state index contributed by atoms with van der Waals surface area (Å²) >= 11 is 0. The number of nitrogens with one attached hydrogen (secondary N) is 1. The minimum atomic E-state index is 0.0793. The van der Waals surface area contributed by atoms with E-state index >= 15 is 0 Å². The maximum atomic E-state index is 9.24. The van der Waals surface area contributed by atoms with Crippen LogP contribution in [0.25, 0.3) is 22.2 Å².